The zero-order chi connectivity index (χ0) is 14.8. The van der Waals surface area contributed by atoms with Crippen LogP contribution >= 0.6 is 7.92 Å². The number of hydrogen-bond acceptors (Lipinski definition) is 2. The second-order valence-corrected chi connectivity index (χ2v) is 9.11. The summed E-state index contributed by atoms with van der Waals surface area (Å²) in [6, 6.07) is 11.2. The van der Waals surface area contributed by atoms with Crippen LogP contribution in [-0.2, 0) is 9.47 Å². The first-order valence-electron chi connectivity index (χ1n) is 8.16. The van der Waals surface area contributed by atoms with Crippen molar-refractivity contribution >= 4 is 13.2 Å². The monoisotopic (exact) mass is 306 g/mol. The van der Waals surface area contributed by atoms with Crippen LogP contribution in [0.5, 0.6) is 0 Å². The molecule has 116 valence electrons. The predicted molar refractivity (Wildman–Crippen MR) is 89.8 cm³/mol. The molecule has 0 unspecified atom stereocenters. The van der Waals surface area contributed by atoms with Crippen molar-refractivity contribution < 1.29 is 9.47 Å². The van der Waals surface area contributed by atoms with E-state index in [4.69, 9.17) is 9.47 Å². The van der Waals surface area contributed by atoms with Crippen LogP contribution in [0.2, 0.25) is 0 Å². The van der Waals surface area contributed by atoms with Crippen LogP contribution in [0, 0.1) is 10.8 Å². The van der Waals surface area contributed by atoms with Gasteiger partial charge >= 0.3 is 0 Å². The average Bonchev–Trinajstić information content (AvgIpc) is 2.45. The molecule has 2 nitrogen and oxygen atoms in total. The Bertz CT molecular complexity index is 417. The minimum absolute atomic E-state index is 0.113. The van der Waals surface area contributed by atoms with E-state index < -0.39 is 0 Å². The lowest BCUT2D eigenvalue weighted by Crippen LogP contribution is -2.48. The molecule has 0 amide bonds. The molecule has 0 bridgehead atoms. The molecule has 0 atom stereocenters. The lowest BCUT2D eigenvalue weighted by molar-refractivity contribution is -0.104. The van der Waals surface area contributed by atoms with E-state index >= 15 is 0 Å². The Morgan fingerprint density at radius 1 is 0.857 bits per heavy atom. The Morgan fingerprint density at radius 3 is 1.67 bits per heavy atom. The fourth-order valence-corrected chi connectivity index (χ4v) is 6.79. The van der Waals surface area contributed by atoms with E-state index in [0.717, 1.165) is 26.4 Å². The Morgan fingerprint density at radius 2 is 1.33 bits per heavy atom. The van der Waals surface area contributed by atoms with Crippen LogP contribution in [0.1, 0.15) is 26.7 Å². The number of ether oxygens (including phenoxy) is 2. The minimum atomic E-state index is -0.113. The third-order valence-corrected chi connectivity index (χ3v) is 8.44. The standard InChI is InChI=1S/C18H27O2P/c1-3-17(10-19-11-17)14-21(16-8-6-5-7-9-16)15-18(4-2)12-20-13-18/h5-9H,3-4,10-15H2,1-2H3. The first kappa shape index (κ1) is 15.5. The Balaban J connectivity index is 1.77. The van der Waals surface area contributed by atoms with Gasteiger partial charge in [-0.1, -0.05) is 52.1 Å². The van der Waals surface area contributed by atoms with Crippen molar-refractivity contribution in [3.8, 4) is 0 Å². The molecule has 2 fully saturated rings. The summed E-state index contributed by atoms with van der Waals surface area (Å²) in [5.74, 6) is 0. The van der Waals surface area contributed by atoms with Crippen LogP contribution in [-0.4, -0.2) is 38.8 Å². The molecule has 0 aliphatic carbocycles. The normalized spacial score (nSPS) is 22.6. The van der Waals surface area contributed by atoms with Crippen LogP contribution in [0.4, 0.5) is 0 Å². The van der Waals surface area contributed by atoms with Gasteiger partial charge in [0, 0.05) is 10.8 Å². The second-order valence-electron chi connectivity index (χ2n) is 6.88. The zero-order valence-corrected chi connectivity index (χ0v) is 14.2. The Hall–Kier alpha value is -0.430. The summed E-state index contributed by atoms with van der Waals surface area (Å²) < 4.78 is 11.1. The number of benzene rings is 1. The van der Waals surface area contributed by atoms with E-state index in [2.05, 4.69) is 44.2 Å². The number of rotatable bonds is 7. The molecule has 1 aromatic rings. The highest BCUT2D eigenvalue weighted by atomic mass is 31.1. The maximum absolute atomic E-state index is 5.55. The highest BCUT2D eigenvalue weighted by molar-refractivity contribution is 7.65. The fraction of sp³-hybridized carbons (Fsp3) is 0.667. The number of hydrogen-bond donors (Lipinski definition) is 0. The van der Waals surface area contributed by atoms with Crippen LogP contribution < -0.4 is 5.30 Å². The molecular formula is C18H27O2P. The summed E-state index contributed by atoms with van der Waals surface area (Å²) in [4.78, 5) is 0. The molecule has 3 heteroatoms. The van der Waals surface area contributed by atoms with E-state index in [1.165, 1.54) is 25.2 Å². The third-order valence-electron chi connectivity index (χ3n) is 5.31. The maximum Gasteiger partial charge on any atom is 0.0548 e. The highest BCUT2D eigenvalue weighted by Gasteiger charge is 2.43. The van der Waals surface area contributed by atoms with Gasteiger partial charge in [0.1, 0.15) is 0 Å². The van der Waals surface area contributed by atoms with Gasteiger partial charge < -0.3 is 9.47 Å². The minimum Gasteiger partial charge on any atom is -0.380 e. The van der Waals surface area contributed by atoms with E-state index in [1.807, 2.05) is 0 Å². The molecule has 0 saturated carbocycles. The molecule has 0 aromatic heterocycles. The maximum atomic E-state index is 5.55. The molecule has 21 heavy (non-hydrogen) atoms. The largest absolute Gasteiger partial charge is 0.380 e. The van der Waals surface area contributed by atoms with Gasteiger partial charge in [-0.2, -0.15) is 0 Å². The second kappa shape index (κ2) is 6.36. The Labute approximate surface area is 130 Å². The third kappa shape index (κ3) is 3.18. The molecule has 0 N–H and O–H groups in total. The first-order chi connectivity index (χ1) is 10.2. The fourth-order valence-electron chi connectivity index (χ4n) is 3.28. The molecule has 3 rings (SSSR count). The molecule has 2 saturated heterocycles. The van der Waals surface area contributed by atoms with Gasteiger partial charge in [0.25, 0.3) is 0 Å². The lowest BCUT2D eigenvalue weighted by atomic mass is 9.85. The van der Waals surface area contributed by atoms with Crippen molar-refractivity contribution in [1.29, 1.82) is 0 Å². The summed E-state index contributed by atoms with van der Waals surface area (Å²) in [6.07, 6.45) is 5.14. The highest BCUT2D eigenvalue weighted by Crippen LogP contribution is 2.51. The van der Waals surface area contributed by atoms with Gasteiger partial charge in [0.05, 0.1) is 26.4 Å². The van der Waals surface area contributed by atoms with E-state index in [1.54, 1.807) is 5.30 Å². The molecular weight excluding hydrogens is 279 g/mol. The molecule has 1 aromatic carbocycles. The van der Waals surface area contributed by atoms with E-state index in [0.29, 0.717) is 10.8 Å². The summed E-state index contributed by atoms with van der Waals surface area (Å²) in [6.45, 7) is 8.50. The van der Waals surface area contributed by atoms with Crippen molar-refractivity contribution in [1.82, 2.24) is 0 Å². The molecule has 2 aliphatic heterocycles. The van der Waals surface area contributed by atoms with Crippen molar-refractivity contribution in [3.63, 3.8) is 0 Å². The van der Waals surface area contributed by atoms with Crippen molar-refractivity contribution in [2.75, 3.05) is 38.8 Å². The molecule has 0 spiro atoms. The Kier molecular flexibility index (Phi) is 4.69. The van der Waals surface area contributed by atoms with Crippen LogP contribution in [0.3, 0.4) is 0 Å². The smallest absolute Gasteiger partial charge is 0.0548 e. The van der Waals surface area contributed by atoms with Gasteiger partial charge in [0.15, 0.2) is 0 Å². The van der Waals surface area contributed by atoms with Gasteiger partial charge in [0.2, 0.25) is 0 Å². The summed E-state index contributed by atoms with van der Waals surface area (Å²) in [5, 5.41) is 1.56. The summed E-state index contributed by atoms with van der Waals surface area (Å²) in [7, 11) is -0.113. The predicted octanol–water partition coefficient (Wildman–Crippen LogP) is 3.65. The average molecular weight is 306 g/mol. The first-order valence-corrected chi connectivity index (χ1v) is 9.88. The van der Waals surface area contributed by atoms with Crippen LogP contribution in [0.15, 0.2) is 30.3 Å². The molecule has 2 heterocycles. The van der Waals surface area contributed by atoms with Crippen molar-refractivity contribution in [3.05, 3.63) is 30.3 Å². The van der Waals surface area contributed by atoms with Gasteiger partial charge in [-0.25, -0.2) is 0 Å². The molecule has 2 aliphatic rings. The van der Waals surface area contributed by atoms with E-state index in [-0.39, 0.29) is 7.92 Å². The topological polar surface area (TPSA) is 18.5 Å². The van der Waals surface area contributed by atoms with Crippen molar-refractivity contribution in [2.45, 2.75) is 26.7 Å². The van der Waals surface area contributed by atoms with Crippen molar-refractivity contribution in [2.24, 2.45) is 10.8 Å². The van der Waals surface area contributed by atoms with E-state index in [9.17, 15) is 0 Å². The van der Waals surface area contributed by atoms with Crippen LogP contribution in [0.25, 0.3) is 0 Å². The summed E-state index contributed by atoms with van der Waals surface area (Å²) in [5.41, 5.74) is 0.891. The summed E-state index contributed by atoms with van der Waals surface area (Å²) >= 11 is 0. The zero-order valence-electron chi connectivity index (χ0n) is 13.3. The quantitative estimate of drug-likeness (QED) is 0.716. The van der Waals surface area contributed by atoms with Gasteiger partial charge in [-0.3, -0.25) is 0 Å². The van der Waals surface area contributed by atoms with Gasteiger partial charge in [-0.15, -0.1) is 0 Å². The molecule has 0 radical (unpaired) electrons. The lowest BCUT2D eigenvalue weighted by Gasteiger charge is -2.47. The van der Waals surface area contributed by atoms with Gasteiger partial charge in [-0.05, 0) is 30.5 Å². The SMILES string of the molecule is CCC1(CP(CC2(CC)COC2)c2ccccc2)COC1.